The molecule has 25 heavy (non-hydrogen) atoms. The Balaban J connectivity index is 1.86. The number of carbonyl (C=O) groups excluding carboxylic acids is 3. The molecule has 0 spiro atoms. The van der Waals surface area contributed by atoms with E-state index in [0.29, 0.717) is 44.4 Å². The first-order valence-corrected chi connectivity index (χ1v) is 8.54. The number of ether oxygens (including phenoxy) is 1. The number of anilines is 1. The number of amides is 3. The summed E-state index contributed by atoms with van der Waals surface area (Å²) in [5.74, 6) is -0.847. The van der Waals surface area contributed by atoms with Crippen molar-refractivity contribution in [1.82, 2.24) is 9.80 Å². The lowest BCUT2D eigenvalue weighted by molar-refractivity contribution is -0.144. The molecule has 1 heterocycles. The maximum absolute atomic E-state index is 12.3. The summed E-state index contributed by atoms with van der Waals surface area (Å²) in [6.45, 7) is 7.60. The standard InChI is InChI=1S/C18H25N3O4/c1-4-25-18(24)21-11-9-20(10-12-21)17(23)16(22)19-15-7-5-14(6-8-15)13(2)3/h5-8,13H,4,9-12H2,1-3H3,(H,19,22). The molecule has 7 nitrogen and oxygen atoms in total. The Morgan fingerprint density at radius 3 is 2.12 bits per heavy atom. The minimum atomic E-state index is -0.665. The largest absolute Gasteiger partial charge is 0.450 e. The third kappa shape index (κ3) is 4.95. The van der Waals surface area contributed by atoms with Gasteiger partial charge in [-0.1, -0.05) is 26.0 Å². The van der Waals surface area contributed by atoms with E-state index in [9.17, 15) is 14.4 Å². The smallest absolute Gasteiger partial charge is 0.409 e. The van der Waals surface area contributed by atoms with Crippen molar-refractivity contribution in [3.63, 3.8) is 0 Å². The first-order valence-electron chi connectivity index (χ1n) is 8.54. The second-order valence-corrected chi connectivity index (χ2v) is 6.21. The van der Waals surface area contributed by atoms with Gasteiger partial charge < -0.3 is 19.9 Å². The van der Waals surface area contributed by atoms with E-state index in [0.717, 1.165) is 0 Å². The Kier molecular flexibility index (Phi) is 6.38. The Labute approximate surface area is 147 Å². The predicted octanol–water partition coefficient (Wildman–Crippen LogP) is 2.05. The molecule has 1 saturated heterocycles. The topological polar surface area (TPSA) is 79.0 Å². The van der Waals surface area contributed by atoms with Gasteiger partial charge in [0.2, 0.25) is 0 Å². The number of nitrogens with one attached hydrogen (secondary N) is 1. The van der Waals surface area contributed by atoms with Gasteiger partial charge in [0.05, 0.1) is 6.61 Å². The van der Waals surface area contributed by atoms with Crippen LogP contribution in [0.15, 0.2) is 24.3 Å². The summed E-state index contributed by atoms with van der Waals surface area (Å²) in [5.41, 5.74) is 1.76. The highest BCUT2D eigenvalue weighted by molar-refractivity contribution is 6.39. The van der Waals surface area contributed by atoms with E-state index in [1.54, 1.807) is 19.1 Å². The molecule has 0 radical (unpaired) electrons. The SMILES string of the molecule is CCOC(=O)N1CCN(C(=O)C(=O)Nc2ccc(C(C)C)cc2)CC1. The van der Waals surface area contributed by atoms with Gasteiger partial charge >= 0.3 is 17.9 Å². The molecule has 1 aliphatic heterocycles. The van der Waals surface area contributed by atoms with Crippen LogP contribution in [-0.4, -0.2) is 60.5 Å². The van der Waals surface area contributed by atoms with Crippen molar-refractivity contribution in [2.45, 2.75) is 26.7 Å². The van der Waals surface area contributed by atoms with Crippen LogP contribution in [-0.2, 0) is 14.3 Å². The molecular weight excluding hydrogens is 322 g/mol. The van der Waals surface area contributed by atoms with Gasteiger partial charge in [0.15, 0.2) is 0 Å². The summed E-state index contributed by atoms with van der Waals surface area (Å²) in [5, 5.41) is 2.62. The number of piperazine rings is 1. The molecule has 1 N–H and O–H groups in total. The monoisotopic (exact) mass is 347 g/mol. The maximum Gasteiger partial charge on any atom is 0.409 e. The number of carbonyl (C=O) groups is 3. The second kappa shape index (κ2) is 8.50. The molecule has 7 heteroatoms. The van der Waals surface area contributed by atoms with Crippen LogP contribution in [0.4, 0.5) is 10.5 Å². The third-order valence-electron chi connectivity index (χ3n) is 4.12. The van der Waals surface area contributed by atoms with Crippen LogP contribution in [0.3, 0.4) is 0 Å². The molecule has 2 rings (SSSR count). The Morgan fingerprint density at radius 1 is 1.04 bits per heavy atom. The number of benzene rings is 1. The second-order valence-electron chi connectivity index (χ2n) is 6.21. The summed E-state index contributed by atoms with van der Waals surface area (Å²) in [6, 6.07) is 7.45. The minimum Gasteiger partial charge on any atom is -0.450 e. The number of hydrogen-bond acceptors (Lipinski definition) is 4. The van der Waals surface area contributed by atoms with Crippen molar-refractivity contribution >= 4 is 23.6 Å². The molecule has 1 fully saturated rings. The molecule has 136 valence electrons. The van der Waals surface area contributed by atoms with E-state index in [-0.39, 0.29) is 6.09 Å². The van der Waals surface area contributed by atoms with Gasteiger partial charge in [-0.2, -0.15) is 0 Å². The molecule has 0 saturated carbocycles. The lowest BCUT2D eigenvalue weighted by Crippen LogP contribution is -2.53. The molecular formula is C18H25N3O4. The zero-order chi connectivity index (χ0) is 18.4. The molecule has 0 unspecified atom stereocenters. The van der Waals surface area contributed by atoms with Gasteiger partial charge in [0.25, 0.3) is 0 Å². The maximum atomic E-state index is 12.3. The van der Waals surface area contributed by atoms with Crippen molar-refractivity contribution in [2.24, 2.45) is 0 Å². The summed E-state index contributed by atoms with van der Waals surface area (Å²) in [7, 11) is 0. The minimum absolute atomic E-state index is 0.315. The van der Waals surface area contributed by atoms with Crippen LogP contribution in [0.2, 0.25) is 0 Å². The lowest BCUT2D eigenvalue weighted by Gasteiger charge is -2.33. The molecule has 0 atom stereocenters. The molecule has 3 amide bonds. The van der Waals surface area contributed by atoms with Gasteiger partial charge in [-0.3, -0.25) is 9.59 Å². The van der Waals surface area contributed by atoms with E-state index in [2.05, 4.69) is 19.2 Å². The fraction of sp³-hybridized carbons (Fsp3) is 0.500. The molecule has 1 aromatic rings. The van der Waals surface area contributed by atoms with E-state index in [4.69, 9.17) is 4.74 Å². The van der Waals surface area contributed by atoms with Crippen LogP contribution in [0.5, 0.6) is 0 Å². The molecule has 1 aromatic carbocycles. The van der Waals surface area contributed by atoms with E-state index >= 15 is 0 Å². The first kappa shape index (κ1) is 18.8. The fourth-order valence-electron chi connectivity index (χ4n) is 2.59. The van der Waals surface area contributed by atoms with Gasteiger partial charge in [-0.15, -0.1) is 0 Å². The van der Waals surface area contributed by atoms with Crippen molar-refractivity contribution in [1.29, 1.82) is 0 Å². The van der Waals surface area contributed by atoms with Crippen LogP contribution in [0.1, 0.15) is 32.3 Å². The van der Waals surface area contributed by atoms with E-state index < -0.39 is 11.8 Å². The van der Waals surface area contributed by atoms with Crippen molar-refractivity contribution in [2.75, 3.05) is 38.1 Å². The van der Waals surface area contributed by atoms with E-state index in [1.165, 1.54) is 15.4 Å². The van der Waals surface area contributed by atoms with Gasteiger partial charge in [0.1, 0.15) is 0 Å². The summed E-state index contributed by atoms with van der Waals surface area (Å²) in [6.07, 6.45) is -0.385. The van der Waals surface area contributed by atoms with Crippen molar-refractivity contribution in [3.05, 3.63) is 29.8 Å². The molecule has 0 bridgehead atoms. The van der Waals surface area contributed by atoms with Crippen LogP contribution in [0.25, 0.3) is 0 Å². The zero-order valence-corrected chi connectivity index (χ0v) is 14.9. The fourth-order valence-corrected chi connectivity index (χ4v) is 2.59. The first-order chi connectivity index (χ1) is 11.9. The molecule has 0 aliphatic carbocycles. The van der Waals surface area contributed by atoms with Gasteiger partial charge in [0, 0.05) is 31.9 Å². The van der Waals surface area contributed by atoms with Crippen LogP contribution in [0, 0.1) is 0 Å². The van der Waals surface area contributed by atoms with Crippen molar-refractivity contribution < 1.29 is 19.1 Å². The Morgan fingerprint density at radius 2 is 1.60 bits per heavy atom. The van der Waals surface area contributed by atoms with Gasteiger partial charge in [-0.25, -0.2) is 4.79 Å². The van der Waals surface area contributed by atoms with Crippen LogP contribution >= 0.6 is 0 Å². The van der Waals surface area contributed by atoms with Crippen molar-refractivity contribution in [3.8, 4) is 0 Å². The quantitative estimate of drug-likeness (QED) is 0.849. The number of nitrogens with zero attached hydrogens (tertiary/aromatic N) is 2. The summed E-state index contributed by atoms with van der Waals surface area (Å²) >= 11 is 0. The van der Waals surface area contributed by atoms with E-state index in [1.807, 2.05) is 12.1 Å². The average Bonchev–Trinajstić information content (AvgIpc) is 2.61. The molecule has 0 aromatic heterocycles. The van der Waals surface area contributed by atoms with Gasteiger partial charge in [-0.05, 0) is 30.5 Å². The summed E-state index contributed by atoms with van der Waals surface area (Å²) in [4.78, 5) is 39.0. The normalized spacial score (nSPS) is 14.4. The summed E-state index contributed by atoms with van der Waals surface area (Å²) < 4.78 is 4.93. The third-order valence-corrected chi connectivity index (χ3v) is 4.12. The zero-order valence-electron chi connectivity index (χ0n) is 14.9. The average molecular weight is 347 g/mol. The highest BCUT2D eigenvalue weighted by Crippen LogP contribution is 2.17. The Bertz CT molecular complexity index is 620. The van der Waals surface area contributed by atoms with Crippen LogP contribution < -0.4 is 5.32 Å². The highest BCUT2D eigenvalue weighted by Gasteiger charge is 2.28. The number of rotatable bonds is 3. The Hall–Kier alpha value is -2.57. The predicted molar refractivity (Wildman–Crippen MR) is 94.3 cm³/mol. The number of hydrogen-bond donors (Lipinski definition) is 1. The highest BCUT2D eigenvalue weighted by atomic mass is 16.6. The molecule has 1 aliphatic rings. The lowest BCUT2D eigenvalue weighted by atomic mass is 10.0.